The van der Waals surface area contributed by atoms with Gasteiger partial charge in [0.2, 0.25) is 0 Å². The molecule has 1 atom stereocenters. The normalized spacial score (nSPS) is 18.1. The topological polar surface area (TPSA) is 22.1 Å². The summed E-state index contributed by atoms with van der Waals surface area (Å²) in [4.78, 5) is 4.42. The number of nitrogens with zero attached hydrogens (tertiary/aromatic N) is 1. The molecule has 3 aromatic carbocycles. The smallest absolute Gasteiger partial charge is 0.178 e. The molecule has 0 saturated heterocycles. The highest BCUT2D eigenvalue weighted by Crippen LogP contribution is 2.43. The van der Waals surface area contributed by atoms with Crippen LogP contribution in [0.25, 0.3) is 17.0 Å². The fourth-order valence-electron chi connectivity index (χ4n) is 3.68. The quantitative estimate of drug-likeness (QED) is 0.459. The summed E-state index contributed by atoms with van der Waals surface area (Å²) >= 11 is 0. The van der Waals surface area contributed by atoms with Gasteiger partial charge in [0, 0.05) is 28.3 Å². The third kappa shape index (κ3) is 2.51. The number of rotatable bonds is 2. The molecule has 0 N–H and O–H groups in total. The average Bonchev–Trinajstić information content (AvgIpc) is 2.74. The standard InChI is InChI=1S/C24H16FNO/c25-19-10-8-18(9-11-19)24(17-5-2-1-3-6-17)15-14-21-20-7-4-16-26-22(20)12-13-23(21)27-24/h1-16H. The van der Waals surface area contributed by atoms with E-state index in [9.17, 15) is 4.39 Å². The summed E-state index contributed by atoms with van der Waals surface area (Å²) in [5.74, 6) is 0.519. The van der Waals surface area contributed by atoms with Gasteiger partial charge in [-0.3, -0.25) is 4.98 Å². The number of ether oxygens (including phenoxy) is 1. The van der Waals surface area contributed by atoms with Gasteiger partial charge in [-0.15, -0.1) is 0 Å². The van der Waals surface area contributed by atoms with E-state index < -0.39 is 5.60 Å². The molecule has 27 heavy (non-hydrogen) atoms. The first-order valence-corrected chi connectivity index (χ1v) is 8.84. The molecule has 0 amide bonds. The van der Waals surface area contributed by atoms with Crippen LogP contribution in [0.15, 0.2) is 91.1 Å². The van der Waals surface area contributed by atoms with Crippen LogP contribution < -0.4 is 4.74 Å². The van der Waals surface area contributed by atoms with E-state index in [1.807, 2.05) is 60.7 Å². The van der Waals surface area contributed by atoms with E-state index in [0.29, 0.717) is 0 Å². The van der Waals surface area contributed by atoms with Gasteiger partial charge in [0.1, 0.15) is 11.6 Å². The molecule has 1 aliphatic heterocycles. The van der Waals surface area contributed by atoms with Crippen molar-refractivity contribution in [1.29, 1.82) is 0 Å². The lowest BCUT2D eigenvalue weighted by Crippen LogP contribution is -2.34. The van der Waals surface area contributed by atoms with Crippen LogP contribution in [0.2, 0.25) is 0 Å². The van der Waals surface area contributed by atoms with Crippen molar-refractivity contribution in [2.75, 3.05) is 0 Å². The maximum absolute atomic E-state index is 13.5. The van der Waals surface area contributed by atoms with Gasteiger partial charge in [0.25, 0.3) is 0 Å². The van der Waals surface area contributed by atoms with Crippen LogP contribution in [-0.4, -0.2) is 4.98 Å². The predicted molar refractivity (Wildman–Crippen MR) is 105 cm³/mol. The third-order valence-electron chi connectivity index (χ3n) is 5.02. The Balaban J connectivity index is 1.74. The summed E-state index contributed by atoms with van der Waals surface area (Å²) in [5, 5.41) is 1.05. The highest BCUT2D eigenvalue weighted by molar-refractivity contribution is 5.91. The van der Waals surface area contributed by atoms with Crippen LogP contribution in [0.4, 0.5) is 4.39 Å². The number of hydrogen-bond donors (Lipinski definition) is 0. The fraction of sp³-hybridized carbons (Fsp3) is 0.0417. The van der Waals surface area contributed by atoms with Crippen molar-refractivity contribution in [2.24, 2.45) is 0 Å². The second-order valence-corrected chi connectivity index (χ2v) is 6.59. The Morgan fingerprint density at radius 3 is 2.37 bits per heavy atom. The van der Waals surface area contributed by atoms with Crippen molar-refractivity contribution in [3.8, 4) is 5.75 Å². The molecule has 130 valence electrons. The van der Waals surface area contributed by atoms with E-state index in [-0.39, 0.29) is 5.82 Å². The Labute approximate surface area is 156 Å². The second-order valence-electron chi connectivity index (χ2n) is 6.59. The lowest BCUT2D eigenvalue weighted by atomic mass is 9.83. The van der Waals surface area contributed by atoms with E-state index in [0.717, 1.165) is 33.3 Å². The van der Waals surface area contributed by atoms with E-state index in [4.69, 9.17) is 4.74 Å². The highest BCUT2D eigenvalue weighted by Gasteiger charge is 2.37. The van der Waals surface area contributed by atoms with Crippen LogP contribution in [0.5, 0.6) is 5.75 Å². The third-order valence-corrected chi connectivity index (χ3v) is 5.02. The van der Waals surface area contributed by atoms with Gasteiger partial charge in [0.05, 0.1) is 5.52 Å². The zero-order chi connectivity index (χ0) is 18.3. The molecule has 5 rings (SSSR count). The van der Waals surface area contributed by atoms with Crippen LogP contribution >= 0.6 is 0 Å². The van der Waals surface area contributed by atoms with Crippen LogP contribution in [-0.2, 0) is 5.60 Å². The molecule has 1 unspecified atom stereocenters. The summed E-state index contributed by atoms with van der Waals surface area (Å²) in [6.45, 7) is 0. The lowest BCUT2D eigenvalue weighted by Gasteiger charge is -2.36. The molecule has 0 radical (unpaired) electrons. The Hall–Kier alpha value is -3.46. The Kier molecular flexibility index (Phi) is 3.54. The summed E-state index contributed by atoms with van der Waals surface area (Å²) in [5.41, 5.74) is 3.00. The molecule has 1 aromatic heterocycles. The average molecular weight is 353 g/mol. The van der Waals surface area contributed by atoms with E-state index in [1.165, 1.54) is 12.1 Å². The van der Waals surface area contributed by atoms with Crippen LogP contribution in [0, 0.1) is 5.82 Å². The van der Waals surface area contributed by atoms with Gasteiger partial charge in [-0.25, -0.2) is 4.39 Å². The van der Waals surface area contributed by atoms with E-state index >= 15 is 0 Å². The maximum Gasteiger partial charge on any atom is 0.178 e. The second kappa shape index (κ2) is 6.06. The monoisotopic (exact) mass is 353 g/mol. The van der Waals surface area contributed by atoms with Gasteiger partial charge in [-0.1, -0.05) is 48.5 Å². The number of benzene rings is 3. The molecule has 0 fully saturated rings. The highest BCUT2D eigenvalue weighted by atomic mass is 19.1. The molecule has 1 aliphatic rings. The molecular weight excluding hydrogens is 337 g/mol. The Bertz CT molecular complexity index is 1150. The summed E-state index contributed by atoms with van der Waals surface area (Å²) in [7, 11) is 0. The van der Waals surface area contributed by atoms with E-state index in [1.54, 1.807) is 18.3 Å². The molecule has 2 heterocycles. The zero-order valence-electron chi connectivity index (χ0n) is 14.5. The van der Waals surface area contributed by atoms with Crippen LogP contribution in [0.3, 0.4) is 0 Å². The molecule has 0 spiro atoms. The largest absolute Gasteiger partial charge is 0.473 e. The van der Waals surface area contributed by atoms with Gasteiger partial charge < -0.3 is 4.74 Å². The molecule has 0 bridgehead atoms. The van der Waals surface area contributed by atoms with Crippen molar-refractivity contribution in [3.05, 3.63) is 114 Å². The Morgan fingerprint density at radius 2 is 1.56 bits per heavy atom. The first-order chi connectivity index (χ1) is 13.3. The Morgan fingerprint density at radius 1 is 0.778 bits per heavy atom. The molecule has 3 heteroatoms. The van der Waals surface area contributed by atoms with Crippen molar-refractivity contribution < 1.29 is 9.13 Å². The minimum atomic E-state index is -0.808. The lowest BCUT2D eigenvalue weighted by molar-refractivity contribution is 0.161. The summed E-state index contributed by atoms with van der Waals surface area (Å²) in [6.07, 6.45) is 5.92. The molecule has 0 saturated carbocycles. The van der Waals surface area contributed by atoms with Crippen molar-refractivity contribution in [1.82, 2.24) is 4.98 Å². The van der Waals surface area contributed by atoms with Gasteiger partial charge in [-0.05, 0) is 42.5 Å². The predicted octanol–water partition coefficient (Wildman–Crippen LogP) is 5.72. The minimum absolute atomic E-state index is 0.265. The van der Waals surface area contributed by atoms with Gasteiger partial charge in [0.15, 0.2) is 5.60 Å². The van der Waals surface area contributed by atoms with Crippen molar-refractivity contribution >= 4 is 17.0 Å². The summed E-state index contributed by atoms with van der Waals surface area (Å²) in [6, 6.07) is 24.4. The summed E-state index contributed by atoms with van der Waals surface area (Å²) < 4.78 is 20.1. The zero-order valence-corrected chi connectivity index (χ0v) is 14.5. The van der Waals surface area contributed by atoms with Crippen molar-refractivity contribution in [2.45, 2.75) is 5.60 Å². The molecule has 4 aromatic rings. The minimum Gasteiger partial charge on any atom is -0.473 e. The molecule has 2 nitrogen and oxygen atoms in total. The fourth-order valence-corrected chi connectivity index (χ4v) is 3.68. The first-order valence-electron chi connectivity index (χ1n) is 8.84. The van der Waals surface area contributed by atoms with Gasteiger partial charge >= 0.3 is 0 Å². The maximum atomic E-state index is 13.5. The number of fused-ring (bicyclic) bond motifs is 3. The van der Waals surface area contributed by atoms with Gasteiger partial charge in [-0.2, -0.15) is 0 Å². The SMILES string of the molecule is Fc1ccc(C2(c3ccccc3)C=Cc3c(ccc4ncccc34)O2)cc1. The number of hydrogen-bond acceptors (Lipinski definition) is 2. The number of aromatic nitrogens is 1. The van der Waals surface area contributed by atoms with Crippen molar-refractivity contribution in [3.63, 3.8) is 0 Å². The first kappa shape index (κ1) is 15.8. The molecular formula is C24H16FNO. The number of halogens is 1. The van der Waals surface area contributed by atoms with Crippen LogP contribution in [0.1, 0.15) is 16.7 Å². The molecule has 0 aliphatic carbocycles. The number of pyridine rings is 1. The van der Waals surface area contributed by atoms with E-state index in [2.05, 4.69) is 11.1 Å².